The topological polar surface area (TPSA) is 26.5 Å². The number of rotatable bonds is 2. The highest BCUT2D eigenvalue weighted by Gasteiger charge is 2.54. The van der Waals surface area contributed by atoms with Gasteiger partial charge in [-0.05, 0) is 67.4 Å². The van der Waals surface area contributed by atoms with Crippen molar-refractivity contribution < 1.29 is 14.1 Å². The number of hydrogen-bond donors (Lipinski definition) is 1. The van der Waals surface area contributed by atoms with E-state index in [4.69, 9.17) is 0 Å². The molecule has 0 fully saturated rings. The molecule has 2 aliphatic heterocycles. The fraction of sp³-hybridized carbons (Fsp3) is 0.350. The van der Waals surface area contributed by atoms with Gasteiger partial charge < -0.3 is 5.11 Å². The van der Waals surface area contributed by atoms with Gasteiger partial charge in [-0.1, -0.05) is 18.2 Å². The third kappa shape index (κ3) is 3.55. The first-order valence-electron chi connectivity index (χ1n) is 8.77. The summed E-state index contributed by atoms with van der Waals surface area (Å²) in [4.78, 5) is 2.02. The maximum absolute atomic E-state index is 13.4. The van der Waals surface area contributed by atoms with Crippen molar-refractivity contribution in [2.24, 2.45) is 0 Å². The first-order chi connectivity index (χ1) is 12.2. The largest absolute Gasteiger partial charge is 0.346 e. The summed E-state index contributed by atoms with van der Waals surface area (Å²) < 4.78 is 15.7. The van der Waals surface area contributed by atoms with Gasteiger partial charge in [0.1, 0.15) is 11.5 Å². The highest BCUT2D eigenvalue weighted by atomic mass is 79.9. The molecule has 2 heterocycles. The van der Waals surface area contributed by atoms with Gasteiger partial charge in [0.15, 0.2) is 6.54 Å². The summed E-state index contributed by atoms with van der Waals surface area (Å²) in [5.74, 6) is 0.763. The number of halogens is 2. The fourth-order valence-corrected chi connectivity index (χ4v) is 4.87. The lowest BCUT2D eigenvalue weighted by Crippen LogP contribution is -2.46. The van der Waals surface area contributed by atoms with E-state index < -0.39 is 5.72 Å². The van der Waals surface area contributed by atoms with Gasteiger partial charge in [-0.3, -0.25) is 0 Å². The quantitative estimate of drug-likeness (QED) is 0.707. The normalized spacial score (nSPS) is 23.1. The van der Waals surface area contributed by atoms with Gasteiger partial charge in [-0.2, -0.15) is 4.90 Å². The highest BCUT2D eigenvalue weighted by Crippen LogP contribution is 2.39. The van der Waals surface area contributed by atoms with Crippen LogP contribution in [0.15, 0.2) is 54.6 Å². The van der Waals surface area contributed by atoms with Crippen molar-refractivity contribution in [2.45, 2.75) is 25.0 Å². The molecule has 0 radical (unpaired) electrons. The van der Waals surface area contributed by atoms with E-state index in [2.05, 4.69) is 4.58 Å². The van der Waals surface area contributed by atoms with Gasteiger partial charge >= 0.3 is 5.17 Å². The lowest BCUT2D eigenvalue weighted by molar-refractivity contribution is -0.532. The molecular formula is C20H23BrFN2OS+. The Bertz CT molecular complexity index is 784. The number of nitrogens with zero attached hydrogens (tertiary/aromatic N) is 2. The predicted molar refractivity (Wildman–Crippen MR) is 111 cm³/mol. The minimum absolute atomic E-state index is 0. The number of aliphatic hydroxyl groups is 1. The summed E-state index contributed by atoms with van der Waals surface area (Å²) in [5, 5.41) is 12.8. The van der Waals surface area contributed by atoms with E-state index in [1.54, 1.807) is 23.9 Å². The molecule has 3 nitrogen and oxygen atoms in total. The van der Waals surface area contributed by atoms with Gasteiger partial charge in [-0.25, -0.2) is 8.97 Å². The minimum atomic E-state index is -1.19. The molecule has 0 saturated heterocycles. The number of benzene rings is 2. The first kappa shape index (κ1) is 19.4. The summed E-state index contributed by atoms with van der Waals surface area (Å²) in [5.41, 5.74) is 0.486. The SMILES string of the molecule is Br.OC1(c2ccc(F)cc2)C[N+]2=C(SCCCCC2)N1c1ccccc1. The molecule has 26 heavy (non-hydrogen) atoms. The van der Waals surface area contributed by atoms with Crippen molar-refractivity contribution in [2.75, 3.05) is 23.7 Å². The molecule has 2 aliphatic rings. The van der Waals surface area contributed by atoms with Gasteiger partial charge in [0.2, 0.25) is 0 Å². The Hall–Kier alpha value is -1.37. The number of para-hydroxylation sites is 1. The van der Waals surface area contributed by atoms with E-state index in [0.29, 0.717) is 6.54 Å². The van der Waals surface area contributed by atoms with Crippen molar-refractivity contribution in [3.05, 3.63) is 66.0 Å². The Labute approximate surface area is 168 Å². The monoisotopic (exact) mass is 437 g/mol. The molecule has 1 atom stereocenters. The lowest BCUT2D eigenvalue weighted by Gasteiger charge is -2.28. The zero-order valence-electron chi connectivity index (χ0n) is 14.5. The summed E-state index contributed by atoms with van der Waals surface area (Å²) >= 11 is 1.81. The van der Waals surface area contributed by atoms with Crippen LogP contribution in [0.2, 0.25) is 0 Å². The summed E-state index contributed by atoms with van der Waals surface area (Å²) in [6, 6.07) is 16.2. The van der Waals surface area contributed by atoms with Gasteiger partial charge in [0.05, 0.1) is 6.54 Å². The van der Waals surface area contributed by atoms with Crippen LogP contribution in [0.3, 0.4) is 0 Å². The van der Waals surface area contributed by atoms with Gasteiger partial charge in [0.25, 0.3) is 5.72 Å². The lowest BCUT2D eigenvalue weighted by atomic mass is 10.0. The van der Waals surface area contributed by atoms with Crippen LogP contribution in [0.5, 0.6) is 0 Å². The van der Waals surface area contributed by atoms with E-state index in [9.17, 15) is 9.50 Å². The Morgan fingerprint density at radius 2 is 1.73 bits per heavy atom. The standard InChI is InChI=1S/C20H22FN2OS.BrH/c21-17-11-9-16(10-12-17)20(24)15-22-13-5-2-6-14-25-19(22)23(20)18-7-3-1-4-8-18;/h1,3-4,7-12,24H,2,5-6,13-15H2;1H/q+1;. The van der Waals surface area contributed by atoms with Gasteiger partial charge in [0, 0.05) is 11.3 Å². The third-order valence-electron chi connectivity index (χ3n) is 4.87. The second kappa shape index (κ2) is 8.11. The summed E-state index contributed by atoms with van der Waals surface area (Å²) in [7, 11) is 0. The maximum Gasteiger partial charge on any atom is 0.316 e. The Kier molecular flexibility index (Phi) is 6.05. The van der Waals surface area contributed by atoms with E-state index in [1.807, 2.05) is 35.2 Å². The first-order valence-corrected chi connectivity index (χ1v) is 9.75. The Balaban J connectivity index is 0.00000196. The average Bonchev–Trinajstić information content (AvgIpc) is 2.88. The molecule has 0 bridgehead atoms. The maximum atomic E-state index is 13.4. The molecule has 0 aromatic heterocycles. The second-order valence-corrected chi connectivity index (χ2v) is 7.67. The molecule has 1 unspecified atom stereocenters. The molecule has 4 rings (SSSR count). The van der Waals surface area contributed by atoms with Crippen molar-refractivity contribution in [3.8, 4) is 0 Å². The number of hydrogen-bond acceptors (Lipinski definition) is 3. The summed E-state index contributed by atoms with van der Waals surface area (Å²) in [6.45, 7) is 1.44. The Morgan fingerprint density at radius 1 is 1.00 bits per heavy atom. The van der Waals surface area contributed by atoms with Crippen LogP contribution in [0.25, 0.3) is 0 Å². The molecule has 0 spiro atoms. The van der Waals surface area contributed by atoms with Crippen LogP contribution in [0, 0.1) is 5.82 Å². The average molecular weight is 438 g/mol. The van der Waals surface area contributed by atoms with Crippen molar-refractivity contribution in [1.29, 1.82) is 0 Å². The molecule has 6 heteroatoms. The zero-order chi connectivity index (χ0) is 17.3. The third-order valence-corrected chi connectivity index (χ3v) is 6.06. The molecule has 2 aromatic carbocycles. The molecule has 1 N–H and O–H groups in total. The smallest absolute Gasteiger partial charge is 0.316 e. The number of thioether (sulfide) groups is 1. The van der Waals surface area contributed by atoms with Crippen LogP contribution in [0.1, 0.15) is 24.8 Å². The molecule has 0 amide bonds. The van der Waals surface area contributed by atoms with Crippen molar-refractivity contribution >= 4 is 39.6 Å². The van der Waals surface area contributed by atoms with Crippen molar-refractivity contribution in [1.82, 2.24) is 0 Å². The van der Waals surface area contributed by atoms with Crippen LogP contribution in [-0.2, 0) is 5.72 Å². The number of anilines is 1. The molecule has 2 aromatic rings. The van der Waals surface area contributed by atoms with E-state index >= 15 is 0 Å². The van der Waals surface area contributed by atoms with Crippen LogP contribution in [-0.4, -0.2) is 33.7 Å². The highest BCUT2D eigenvalue weighted by molar-refractivity contribution is 8.93. The molecule has 0 saturated carbocycles. The van der Waals surface area contributed by atoms with Crippen LogP contribution < -0.4 is 4.90 Å². The summed E-state index contributed by atoms with van der Waals surface area (Å²) in [6.07, 6.45) is 3.54. The number of amidine groups is 1. The van der Waals surface area contributed by atoms with Crippen molar-refractivity contribution in [3.63, 3.8) is 0 Å². The molecule has 0 aliphatic carbocycles. The van der Waals surface area contributed by atoms with Crippen LogP contribution >= 0.6 is 28.7 Å². The zero-order valence-corrected chi connectivity index (χ0v) is 17.0. The van der Waals surface area contributed by atoms with Crippen LogP contribution in [0.4, 0.5) is 10.1 Å². The van der Waals surface area contributed by atoms with Gasteiger partial charge in [-0.15, -0.1) is 17.0 Å². The minimum Gasteiger partial charge on any atom is -0.346 e. The fourth-order valence-electron chi connectivity index (χ4n) is 3.62. The predicted octanol–water partition coefficient (Wildman–Crippen LogP) is 4.35. The second-order valence-electron chi connectivity index (χ2n) is 6.61. The van der Waals surface area contributed by atoms with E-state index in [-0.39, 0.29) is 22.8 Å². The molecular weight excluding hydrogens is 415 g/mol. The molecule has 138 valence electrons. The van der Waals surface area contributed by atoms with E-state index in [0.717, 1.165) is 35.1 Å². The Morgan fingerprint density at radius 3 is 2.46 bits per heavy atom. The van der Waals surface area contributed by atoms with E-state index in [1.165, 1.54) is 25.0 Å².